The van der Waals surface area contributed by atoms with E-state index in [0.29, 0.717) is 19.0 Å². The molecular formula is C16H22N2O5. The molecule has 23 heavy (non-hydrogen) atoms. The van der Waals surface area contributed by atoms with E-state index in [9.17, 15) is 19.7 Å². The molecule has 0 saturated carbocycles. The van der Waals surface area contributed by atoms with Crippen LogP contribution in [-0.2, 0) is 0 Å². The lowest BCUT2D eigenvalue weighted by atomic mass is 10.0. The van der Waals surface area contributed by atoms with E-state index in [1.165, 1.54) is 6.07 Å². The number of benzene rings is 1. The third-order valence-corrected chi connectivity index (χ3v) is 3.92. The second kappa shape index (κ2) is 8.26. The van der Waals surface area contributed by atoms with Crippen LogP contribution in [0.3, 0.4) is 0 Å². The monoisotopic (exact) mass is 322 g/mol. The average Bonchev–Trinajstić information content (AvgIpc) is 2.55. The molecule has 7 nitrogen and oxygen atoms in total. The minimum absolute atomic E-state index is 0.0319. The van der Waals surface area contributed by atoms with Gasteiger partial charge in [0.15, 0.2) is 0 Å². The standard InChI is InChI=1S/C16H22N2O5/c1-4-11(5-2)10-17(6-3)15(19)12-7-13(16(20)21)9-14(8-12)18(22)23/h7-9,11H,4-6,10H2,1-3H3,(H,20,21). The van der Waals surface area contributed by atoms with Crippen LogP contribution in [0.4, 0.5) is 5.69 Å². The number of rotatable bonds is 8. The van der Waals surface area contributed by atoms with Crippen molar-refractivity contribution < 1.29 is 19.6 Å². The van der Waals surface area contributed by atoms with E-state index in [-0.39, 0.29) is 17.0 Å². The van der Waals surface area contributed by atoms with Crippen molar-refractivity contribution in [2.45, 2.75) is 33.6 Å². The summed E-state index contributed by atoms with van der Waals surface area (Å²) in [4.78, 5) is 35.6. The maximum absolute atomic E-state index is 12.6. The number of nitrogens with zero attached hydrogens (tertiary/aromatic N) is 2. The van der Waals surface area contributed by atoms with Gasteiger partial charge in [0.05, 0.1) is 10.5 Å². The fraction of sp³-hybridized carbons (Fsp3) is 0.500. The highest BCUT2D eigenvalue weighted by Crippen LogP contribution is 2.20. The van der Waals surface area contributed by atoms with E-state index in [0.717, 1.165) is 25.0 Å². The third-order valence-electron chi connectivity index (χ3n) is 3.92. The molecule has 0 saturated heterocycles. The van der Waals surface area contributed by atoms with E-state index in [1.54, 1.807) is 4.90 Å². The Kier molecular flexibility index (Phi) is 6.68. The number of carbonyl (C=O) groups excluding carboxylic acids is 1. The van der Waals surface area contributed by atoms with E-state index < -0.39 is 16.6 Å². The predicted octanol–water partition coefficient (Wildman–Crippen LogP) is 3.19. The summed E-state index contributed by atoms with van der Waals surface area (Å²) in [5.41, 5.74) is -0.627. The number of nitro groups is 1. The maximum atomic E-state index is 12.6. The van der Waals surface area contributed by atoms with Crippen LogP contribution in [0.25, 0.3) is 0 Å². The molecule has 0 bridgehead atoms. The van der Waals surface area contributed by atoms with Crippen molar-refractivity contribution in [3.8, 4) is 0 Å². The van der Waals surface area contributed by atoms with Crippen LogP contribution in [0.1, 0.15) is 54.3 Å². The molecular weight excluding hydrogens is 300 g/mol. The molecule has 1 N–H and O–H groups in total. The highest BCUT2D eigenvalue weighted by molar-refractivity contribution is 5.98. The molecule has 126 valence electrons. The van der Waals surface area contributed by atoms with Gasteiger partial charge in [-0.25, -0.2) is 4.79 Å². The molecule has 1 amide bonds. The first kappa shape index (κ1) is 18.6. The summed E-state index contributed by atoms with van der Waals surface area (Å²) in [6.45, 7) is 6.92. The molecule has 0 unspecified atom stereocenters. The van der Waals surface area contributed by atoms with E-state index >= 15 is 0 Å². The summed E-state index contributed by atoms with van der Waals surface area (Å²) in [6.07, 6.45) is 1.85. The highest BCUT2D eigenvalue weighted by atomic mass is 16.6. The molecule has 1 aromatic rings. The van der Waals surface area contributed by atoms with Gasteiger partial charge >= 0.3 is 5.97 Å². The first-order valence-electron chi connectivity index (χ1n) is 7.65. The Morgan fingerprint density at radius 2 is 1.74 bits per heavy atom. The predicted molar refractivity (Wildman–Crippen MR) is 85.7 cm³/mol. The second-order valence-electron chi connectivity index (χ2n) is 5.36. The Labute approximate surface area is 135 Å². The molecule has 7 heteroatoms. The number of carboxylic acids is 1. The van der Waals surface area contributed by atoms with Gasteiger partial charge in [-0.05, 0) is 18.9 Å². The zero-order chi connectivity index (χ0) is 17.6. The SMILES string of the molecule is CCC(CC)CN(CC)C(=O)c1cc(C(=O)O)cc([N+](=O)[O-])c1. The van der Waals surface area contributed by atoms with Gasteiger partial charge < -0.3 is 10.0 Å². The minimum atomic E-state index is -1.30. The molecule has 0 aliphatic carbocycles. The zero-order valence-electron chi connectivity index (χ0n) is 13.6. The topological polar surface area (TPSA) is 101 Å². The molecule has 0 heterocycles. The van der Waals surface area contributed by atoms with Gasteiger partial charge in [0, 0.05) is 30.8 Å². The third kappa shape index (κ3) is 4.77. The van der Waals surface area contributed by atoms with Crippen LogP contribution in [0.5, 0.6) is 0 Å². The first-order chi connectivity index (χ1) is 10.8. The van der Waals surface area contributed by atoms with Crippen LogP contribution >= 0.6 is 0 Å². The lowest BCUT2D eigenvalue weighted by molar-refractivity contribution is -0.384. The molecule has 1 rings (SSSR count). The Morgan fingerprint density at radius 1 is 1.17 bits per heavy atom. The van der Waals surface area contributed by atoms with Crippen LogP contribution < -0.4 is 0 Å². The Hall–Kier alpha value is -2.44. The summed E-state index contributed by atoms with van der Waals surface area (Å²) in [6, 6.07) is 3.27. The fourth-order valence-electron chi connectivity index (χ4n) is 2.36. The summed E-state index contributed by atoms with van der Waals surface area (Å²) < 4.78 is 0. The molecule has 0 fully saturated rings. The quantitative estimate of drug-likeness (QED) is 0.585. The molecule has 0 atom stereocenters. The number of carboxylic acid groups (broad SMARTS) is 1. The lowest BCUT2D eigenvalue weighted by Gasteiger charge is -2.25. The van der Waals surface area contributed by atoms with E-state index in [4.69, 9.17) is 5.11 Å². The normalized spacial score (nSPS) is 10.6. The number of amides is 1. The van der Waals surface area contributed by atoms with Crippen LogP contribution in [0, 0.1) is 16.0 Å². The number of aromatic carboxylic acids is 1. The summed E-state index contributed by atoms with van der Waals surface area (Å²) in [5, 5.41) is 20.0. The fourth-order valence-corrected chi connectivity index (χ4v) is 2.36. The van der Waals surface area contributed by atoms with Gasteiger partial charge in [0.1, 0.15) is 0 Å². The smallest absolute Gasteiger partial charge is 0.335 e. The summed E-state index contributed by atoms with van der Waals surface area (Å²) >= 11 is 0. The van der Waals surface area contributed by atoms with Crippen molar-refractivity contribution >= 4 is 17.6 Å². The number of nitro benzene ring substituents is 1. The molecule has 1 aromatic carbocycles. The summed E-state index contributed by atoms with van der Waals surface area (Å²) in [5.74, 6) is -1.34. The molecule has 0 aliphatic heterocycles. The number of hydrogen-bond donors (Lipinski definition) is 1. The van der Waals surface area contributed by atoms with Gasteiger partial charge in [-0.3, -0.25) is 14.9 Å². The van der Waals surface area contributed by atoms with Gasteiger partial charge in [-0.15, -0.1) is 0 Å². The van der Waals surface area contributed by atoms with Gasteiger partial charge in [0.2, 0.25) is 0 Å². The molecule has 0 spiro atoms. The minimum Gasteiger partial charge on any atom is -0.478 e. The second-order valence-corrected chi connectivity index (χ2v) is 5.36. The van der Waals surface area contributed by atoms with E-state index in [2.05, 4.69) is 0 Å². The maximum Gasteiger partial charge on any atom is 0.335 e. The molecule has 0 aromatic heterocycles. The van der Waals surface area contributed by atoms with Crippen molar-refractivity contribution in [2.24, 2.45) is 5.92 Å². The van der Waals surface area contributed by atoms with Crippen molar-refractivity contribution in [3.05, 3.63) is 39.4 Å². The van der Waals surface area contributed by atoms with Crippen LogP contribution in [-0.4, -0.2) is 39.9 Å². The largest absolute Gasteiger partial charge is 0.478 e. The summed E-state index contributed by atoms with van der Waals surface area (Å²) in [7, 11) is 0. The van der Waals surface area contributed by atoms with Gasteiger partial charge in [-0.1, -0.05) is 26.7 Å². The van der Waals surface area contributed by atoms with Crippen molar-refractivity contribution in [2.75, 3.05) is 13.1 Å². The number of carbonyl (C=O) groups is 2. The Morgan fingerprint density at radius 3 is 2.17 bits per heavy atom. The highest BCUT2D eigenvalue weighted by Gasteiger charge is 2.22. The van der Waals surface area contributed by atoms with Gasteiger partial charge in [0.25, 0.3) is 11.6 Å². The zero-order valence-corrected chi connectivity index (χ0v) is 13.6. The Bertz CT molecular complexity index is 564. The van der Waals surface area contributed by atoms with Crippen LogP contribution in [0.2, 0.25) is 0 Å². The van der Waals surface area contributed by atoms with Crippen molar-refractivity contribution in [1.82, 2.24) is 4.90 Å². The number of non-ortho nitro benzene ring substituents is 1. The molecule has 0 radical (unpaired) electrons. The van der Waals surface area contributed by atoms with Crippen molar-refractivity contribution in [1.29, 1.82) is 0 Å². The van der Waals surface area contributed by atoms with E-state index in [1.807, 2.05) is 20.8 Å². The molecule has 0 aliphatic rings. The van der Waals surface area contributed by atoms with Gasteiger partial charge in [-0.2, -0.15) is 0 Å². The average molecular weight is 322 g/mol. The van der Waals surface area contributed by atoms with Crippen LogP contribution in [0.15, 0.2) is 18.2 Å². The number of hydrogen-bond acceptors (Lipinski definition) is 4. The lowest BCUT2D eigenvalue weighted by Crippen LogP contribution is -2.35. The van der Waals surface area contributed by atoms with Crippen molar-refractivity contribution in [3.63, 3.8) is 0 Å². The first-order valence-corrected chi connectivity index (χ1v) is 7.65. The Balaban J connectivity index is 3.18.